The van der Waals surface area contributed by atoms with Gasteiger partial charge in [-0.3, -0.25) is 0 Å². The largest absolute Gasteiger partial charge is 0.398 e. The summed E-state index contributed by atoms with van der Waals surface area (Å²) in [4.78, 5) is 7.32. The van der Waals surface area contributed by atoms with E-state index in [2.05, 4.69) is 63.5 Å². The highest BCUT2D eigenvalue weighted by atomic mass is 28.4. The van der Waals surface area contributed by atoms with Gasteiger partial charge in [0.05, 0.1) is 0 Å². The van der Waals surface area contributed by atoms with Gasteiger partial charge in [0, 0.05) is 14.2 Å². The minimum Gasteiger partial charge on any atom is -0.398 e. The Balaban J connectivity index is 5.62. The zero-order valence-corrected chi connectivity index (χ0v) is 20.9. The average Bonchev–Trinajstić information content (AvgIpc) is 2.71. The van der Waals surface area contributed by atoms with Crippen molar-refractivity contribution in [3.63, 3.8) is 0 Å². The van der Waals surface area contributed by atoms with E-state index in [9.17, 15) is 0 Å². The molecule has 0 saturated carbocycles. The molecule has 0 unspecified atom stereocenters. The highest BCUT2D eigenvalue weighted by molar-refractivity contribution is 6.67. The maximum absolute atomic E-state index is 6.07. The molecule has 0 radical (unpaired) electrons. The van der Waals surface area contributed by atoms with Crippen LogP contribution in [0.1, 0.15) is 47.0 Å². The third-order valence-electron chi connectivity index (χ3n) is 6.62. The molecule has 0 saturated heterocycles. The van der Waals surface area contributed by atoms with Crippen LogP contribution < -0.4 is 0 Å². The second-order valence-electron chi connectivity index (χ2n) is 8.29. The molecule has 5 nitrogen and oxygen atoms in total. The fourth-order valence-electron chi connectivity index (χ4n) is 3.61. The quantitative estimate of drug-likeness (QED) is 0.345. The average molecular weight is 404 g/mol. The Bertz CT molecular complexity index is 323. The molecule has 0 spiro atoms. The lowest BCUT2D eigenvalue weighted by molar-refractivity contribution is 0.137. The van der Waals surface area contributed by atoms with E-state index in [0.717, 1.165) is 51.4 Å². The molecule has 0 N–H and O–H groups in total. The van der Waals surface area contributed by atoms with E-state index in [1.165, 1.54) is 19.3 Å². The molecule has 27 heavy (non-hydrogen) atoms. The van der Waals surface area contributed by atoms with Crippen molar-refractivity contribution in [2.75, 3.05) is 74.6 Å². The van der Waals surface area contributed by atoms with Gasteiger partial charge in [-0.25, -0.2) is 0 Å². The predicted molar refractivity (Wildman–Crippen MR) is 121 cm³/mol. The highest BCUT2D eigenvalue weighted by Crippen LogP contribution is 2.42. The van der Waals surface area contributed by atoms with Crippen LogP contribution in [0.3, 0.4) is 0 Å². The van der Waals surface area contributed by atoms with Crippen molar-refractivity contribution < 1.29 is 8.85 Å². The Kier molecular flexibility index (Phi) is 14.1. The first kappa shape index (κ1) is 27.0. The molecular weight excluding hydrogens is 354 g/mol. The fraction of sp³-hybridized carbons (Fsp3) is 1.00. The summed E-state index contributed by atoms with van der Waals surface area (Å²) in [6, 6.07) is 2.11. The standard InChI is InChI=1S/C21H49N3O2Si/c1-10-22(5)17-14-21(15-18-23(6)11-2,16-19-24(7)12-3)20-27(13-4,25-8)26-9/h10-20H2,1-9H3. The predicted octanol–water partition coefficient (Wildman–Crippen LogP) is 3.75. The van der Waals surface area contributed by atoms with Gasteiger partial charge in [-0.05, 0) is 97.2 Å². The van der Waals surface area contributed by atoms with Gasteiger partial charge in [0.1, 0.15) is 0 Å². The maximum Gasteiger partial charge on any atom is 0.337 e. The van der Waals surface area contributed by atoms with Crippen molar-refractivity contribution in [3.8, 4) is 0 Å². The van der Waals surface area contributed by atoms with Crippen LogP contribution in [0.25, 0.3) is 0 Å². The number of hydrogen-bond donors (Lipinski definition) is 0. The maximum atomic E-state index is 6.07. The highest BCUT2D eigenvalue weighted by Gasteiger charge is 2.44. The lowest BCUT2D eigenvalue weighted by Crippen LogP contribution is -2.47. The molecular formula is C21H49N3O2Si. The van der Waals surface area contributed by atoms with Crippen molar-refractivity contribution >= 4 is 8.56 Å². The second-order valence-corrected chi connectivity index (χ2v) is 12.0. The molecule has 0 aromatic rings. The fourth-order valence-corrected chi connectivity index (χ4v) is 6.57. The van der Waals surface area contributed by atoms with Crippen LogP contribution >= 0.6 is 0 Å². The van der Waals surface area contributed by atoms with E-state index in [-0.39, 0.29) is 5.41 Å². The summed E-state index contributed by atoms with van der Waals surface area (Å²) >= 11 is 0. The number of hydrogen-bond acceptors (Lipinski definition) is 5. The van der Waals surface area contributed by atoms with Gasteiger partial charge in [-0.2, -0.15) is 0 Å². The molecule has 164 valence electrons. The van der Waals surface area contributed by atoms with E-state index in [4.69, 9.17) is 8.85 Å². The van der Waals surface area contributed by atoms with Gasteiger partial charge in [-0.15, -0.1) is 0 Å². The summed E-state index contributed by atoms with van der Waals surface area (Å²) in [6.45, 7) is 15.7. The molecule has 0 heterocycles. The summed E-state index contributed by atoms with van der Waals surface area (Å²) < 4.78 is 12.1. The molecule has 0 aliphatic rings. The van der Waals surface area contributed by atoms with E-state index >= 15 is 0 Å². The van der Waals surface area contributed by atoms with E-state index in [1.807, 2.05) is 14.2 Å². The van der Waals surface area contributed by atoms with Crippen LogP contribution in [0.15, 0.2) is 0 Å². The third kappa shape index (κ3) is 9.86. The molecule has 0 aliphatic carbocycles. The normalized spacial score (nSPS) is 13.3. The molecule has 0 aromatic carbocycles. The van der Waals surface area contributed by atoms with Crippen molar-refractivity contribution in [3.05, 3.63) is 0 Å². The Morgan fingerprint density at radius 2 is 1.00 bits per heavy atom. The minimum atomic E-state index is -2.15. The van der Waals surface area contributed by atoms with Gasteiger partial charge in [0.2, 0.25) is 0 Å². The van der Waals surface area contributed by atoms with Crippen molar-refractivity contribution in [2.24, 2.45) is 5.41 Å². The topological polar surface area (TPSA) is 28.2 Å². The number of rotatable bonds is 17. The lowest BCUT2D eigenvalue weighted by atomic mass is 9.79. The molecule has 0 aliphatic heterocycles. The summed E-state index contributed by atoms with van der Waals surface area (Å²) in [7, 11) is 8.27. The van der Waals surface area contributed by atoms with Crippen molar-refractivity contribution in [2.45, 2.75) is 59.0 Å². The van der Waals surface area contributed by atoms with E-state index in [0.29, 0.717) is 0 Å². The summed E-state index contributed by atoms with van der Waals surface area (Å²) in [5.41, 5.74) is 0.268. The third-order valence-corrected chi connectivity index (χ3v) is 10.5. The Labute approximate surface area is 171 Å². The SMILES string of the molecule is CCN(C)CCC(CCN(C)CC)(CCN(C)CC)C[Si](CC)(OC)OC. The van der Waals surface area contributed by atoms with Crippen molar-refractivity contribution in [1.29, 1.82) is 0 Å². The summed E-state index contributed by atoms with van der Waals surface area (Å²) in [6.07, 6.45) is 3.65. The monoisotopic (exact) mass is 403 g/mol. The Morgan fingerprint density at radius 3 is 1.22 bits per heavy atom. The molecule has 0 amide bonds. The minimum absolute atomic E-state index is 0.268. The smallest absolute Gasteiger partial charge is 0.337 e. The van der Waals surface area contributed by atoms with Gasteiger partial charge < -0.3 is 23.6 Å². The van der Waals surface area contributed by atoms with Crippen LogP contribution in [-0.4, -0.2) is 97.9 Å². The Morgan fingerprint density at radius 1 is 0.667 bits per heavy atom. The van der Waals surface area contributed by atoms with Gasteiger partial charge in [0.25, 0.3) is 0 Å². The molecule has 0 bridgehead atoms. The Hall–Kier alpha value is 0.0169. The van der Waals surface area contributed by atoms with Gasteiger partial charge in [0.15, 0.2) is 0 Å². The molecule has 0 aromatic heterocycles. The van der Waals surface area contributed by atoms with Crippen molar-refractivity contribution in [1.82, 2.24) is 14.7 Å². The molecule has 0 rings (SSSR count). The molecule has 0 fully saturated rings. The number of nitrogens with zero attached hydrogens (tertiary/aromatic N) is 3. The van der Waals surface area contributed by atoms with Gasteiger partial charge >= 0.3 is 8.56 Å². The van der Waals surface area contributed by atoms with Crippen LogP contribution in [-0.2, 0) is 8.85 Å². The van der Waals surface area contributed by atoms with E-state index in [1.54, 1.807) is 0 Å². The first-order chi connectivity index (χ1) is 12.8. The van der Waals surface area contributed by atoms with Crippen LogP contribution in [0.2, 0.25) is 12.1 Å². The van der Waals surface area contributed by atoms with Crippen LogP contribution in [0.5, 0.6) is 0 Å². The molecule has 6 heteroatoms. The van der Waals surface area contributed by atoms with Crippen LogP contribution in [0.4, 0.5) is 0 Å². The van der Waals surface area contributed by atoms with Crippen LogP contribution in [0, 0.1) is 5.41 Å². The molecule has 0 atom stereocenters. The summed E-state index contributed by atoms with van der Waals surface area (Å²) in [5, 5.41) is 0. The lowest BCUT2D eigenvalue weighted by Gasteiger charge is -2.42. The summed E-state index contributed by atoms with van der Waals surface area (Å²) in [5.74, 6) is 0. The zero-order valence-electron chi connectivity index (χ0n) is 19.9. The first-order valence-corrected chi connectivity index (χ1v) is 13.1. The van der Waals surface area contributed by atoms with Gasteiger partial charge in [-0.1, -0.05) is 27.7 Å². The second kappa shape index (κ2) is 14.1. The first-order valence-electron chi connectivity index (χ1n) is 10.9. The zero-order chi connectivity index (χ0) is 20.9. The van der Waals surface area contributed by atoms with E-state index < -0.39 is 8.56 Å².